The number of aliphatic hydroxyl groups is 1. The second kappa shape index (κ2) is 8.64. The summed E-state index contributed by atoms with van der Waals surface area (Å²) in [4.78, 5) is 10.7. The van der Waals surface area contributed by atoms with Crippen LogP contribution in [-0.2, 0) is 4.79 Å². The van der Waals surface area contributed by atoms with Crippen molar-refractivity contribution in [3.63, 3.8) is 0 Å². The van der Waals surface area contributed by atoms with Gasteiger partial charge in [-0.05, 0) is 49.6 Å². The summed E-state index contributed by atoms with van der Waals surface area (Å²) in [5.74, 6) is -0.0778. The maximum atomic E-state index is 10.7. The zero-order chi connectivity index (χ0) is 15.8. The summed E-state index contributed by atoms with van der Waals surface area (Å²) in [6.07, 6.45) is 0.619. The quantitative estimate of drug-likeness (QED) is 0.651. The predicted octanol–water partition coefficient (Wildman–Crippen LogP) is 2.27. The molecule has 5 nitrogen and oxygen atoms in total. The standard InChI is InChI=1S/C16H25NO4/c1-4-9-17-13(6-8-15(18)19)16(20)12-5-7-14(21-3)11(2)10-12/h5,7,10,13,16-17,20H,4,6,8-9H2,1-3H3,(H,18,19). The van der Waals surface area contributed by atoms with Crippen LogP contribution in [0, 0.1) is 6.92 Å². The van der Waals surface area contributed by atoms with Crippen molar-refractivity contribution in [2.45, 2.75) is 45.3 Å². The third kappa shape index (κ3) is 5.36. The van der Waals surface area contributed by atoms with Crippen molar-refractivity contribution in [3.8, 4) is 5.75 Å². The lowest BCUT2D eigenvalue weighted by Crippen LogP contribution is -2.36. The molecular formula is C16H25NO4. The topological polar surface area (TPSA) is 78.8 Å². The molecule has 5 heteroatoms. The Labute approximate surface area is 125 Å². The average Bonchev–Trinajstić information content (AvgIpc) is 2.46. The lowest BCUT2D eigenvalue weighted by Gasteiger charge is -2.24. The van der Waals surface area contributed by atoms with Crippen molar-refractivity contribution in [3.05, 3.63) is 29.3 Å². The van der Waals surface area contributed by atoms with Crippen molar-refractivity contribution in [1.29, 1.82) is 0 Å². The largest absolute Gasteiger partial charge is 0.496 e. The van der Waals surface area contributed by atoms with E-state index in [1.807, 2.05) is 32.0 Å². The summed E-state index contributed by atoms with van der Waals surface area (Å²) in [5.41, 5.74) is 1.72. The number of benzene rings is 1. The highest BCUT2D eigenvalue weighted by Crippen LogP contribution is 2.25. The van der Waals surface area contributed by atoms with Crippen molar-refractivity contribution in [1.82, 2.24) is 5.32 Å². The third-order valence-corrected chi connectivity index (χ3v) is 3.47. The fourth-order valence-corrected chi connectivity index (χ4v) is 2.30. The number of carboxylic acids is 1. The number of hydrogen-bond acceptors (Lipinski definition) is 4. The number of carboxylic acid groups (broad SMARTS) is 1. The molecule has 1 aromatic rings. The van der Waals surface area contributed by atoms with E-state index in [-0.39, 0.29) is 12.5 Å². The minimum Gasteiger partial charge on any atom is -0.496 e. The van der Waals surface area contributed by atoms with Gasteiger partial charge in [0.1, 0.15) is 5.75 Å². The molecule has 0 saturated heterocycles. The van der Waals surface area contributed by atoms with Gasteiger partial charge in [-0.2, -0.15) is 0 Å². The van der Waals surface area contributed by atoms with Crippen molar-refractivity contribution < 1.29 is 19.7 Å². The van der Waals surface area contributed by atoms with Gasteiger partial charge >= 0.3 is 5.97 Å². The van der Waals surface area contributed by atoms with Crippen LogP contribution in [0.15, 0.2) is 18.2 Å². The summed E-state index contributed by atoms with van der Waals surface area (Å²) >= 11 is 0. The molecule has 0 aromatic heterocycles. The summed E-state index contributed by atoms with van der Waals surface area (Å²) < 4.78 is 5.21. The molecule has 118 valence electrons. The number of hydrogen-bond donors (Lipinski definition) is 3. The van der Waals surface area contributed by atoms with Gasteiger partial charge in [-0.3, -0.25) is 4.79 Å². The monoisotopic (exact) mass is 295 g/mol. The first-order valence-electron chi connectivity index (χ1n) is 7.27. The maximum Gasteiger partial charge on any atom is 0.303 e. The number of nitrogens with one attached hydrogen (secondary N) is 1. The second-order valence-corrected chi connectivity index (χ2v) is 5.17. The SMILES string of the molecule is CCCNC(CCC(=O)O)C(O)c1ccc(OC)c(C)c1. The fourth-order valence-electron chi connectivity index (χ4n) is 2.30. The number of methoxy groups -OCH3 is 1. The molecule has 1 aromatic carbocycles. The van der Waals surface area contributed by atoms with Crippen LogP contribution in [0.4, 0.5) is 0 Å². The highest BCUT2D eigenvalue weighted by molar-refractivity contribution is 5.66. The molecule has 0 aliphatic carbocycles. The number of aliphatic hydroxyl groups excluding tert-OH is 1. The molecule has 3 N–H and O–H groups in total. The zero-order valence-corrected chi connectivity index (χ0v) is 12.9. The van der Waals surface area contributed by atoms with E-state index in [0.29, 0.717) is 6.42 Å². The number of rotatable bonds is 9. The third-order valence-electron chi connectivity index (χ3n) is 3.47. The molecule has 0 spiro atoms. The summed E-state index contributed by atoms with van der Waals surface area (Å²) in [5, 5.41) is 22.6. The lowest BCUT2D eigenvalue weighted by atomic mass is 9.96. The molecule has 0 aliphatic heterocycles. The van der Waals surface area contributed by atoms with E-state index in [0.717, 1.165) is 29.8 Å². The summed E-state index contributed by atoms with van der Waals surface area (Å²) in [6.45, 7) is 4.70. The molecule has 0 saturated carbocycles. The Balaban J connectivity index is 2.84. The number of carbonyl (C=O) groups is 1. The first-order chi connectivity index (χ1) is 9.99. The molecule has 0 fully saturated rings. The van der Waals surface area contributed by atoms with Crippen LogP contribution in [0.3, 0.4) is 0 Å². The second-order valence-electron chi connectivity index (χ2n) is 5.17. The highest BCUT2D eigenvalue weighted by Gasteiger charge is 2.21. The van der Waals surface area contributed by atoms with E-state index >= 15 is 0 Å². The van der Waals surface area contributed by atoms with E-state index in [1.54, 1.807) is 7.11 Å². The van der Waals surface area contributed by atoms with Gasteiger partial charge in [0.2, 0.25) is 0 Å². The molecule has 0 bridgehead atoms. The minimum atomic E-state index is -0.851. The van der Waals surface area contributed by atoms with Crippen molar-refractivity contribution in [2.24, 2.45) is 0 Å². The van der Waals surface area contributed by atoms with Crippen LogP contribution in [0.5, 0.6) is 5.75 Å². The van der Waals surface area contributed by atoms with Gasteiger partial charge in [-0.25, -0.2) is 0 Å². The van der Waals surface area contributed by atoms with Gasteiger partial charge in [0.05, 0.1) is 13.2 Å². The smallest absolute Gasteiger partial charge is 0.303 e. The first-order valence-corrected chi connectivity index (χ1v) is 7.27. The zero-order valence-electron chi connectivity index (χ0n) is 12.9. The molecule has 1 rings (SSSR count). The van der Waals surface area contributed by atoms with E-state index in [2.05, 4.69) is 5.32 Å². The normalized spacial score (nSPS) is 13.7. The Hall–Kier alpha value is -1.59. The summed E-state index contributed by atoms with van der Waals surface area (Å²) in [7, 11) is 1.61. The maximum absolute atomic E-state index is 10.7. The van der Waals surface area contributed by atoms with Crippen LogP contribution >= 0.6 is 0 Å². The van der Waals surface area contributed by atoms with Gasteiger partial charge in [-0.15, -0.1) is 0 Å². The van der Waals surface area contributed by atoms with E-state index < -0.39 is 12.1 Å². The Morgan fingerprint density at radius 3 is 2.67 bits per heavy atom. The first kappa shape index (κ1) is 17.5. The molecule has 0 amide bonds. The average molecular weight is 295 g/mol. The number of aryl methyl sites for hydroxylation is 1. The Bertz CT molecular complexity index is 462. The number of ether oxygens (including phenoxy) is 1. The Kier molecular flexibility index (Phi) is 7.19. The van der Waals surface area contributed by atoms with Gasteiger partial charge in [0, 0.05) is 12.5 Å². The van der Waals surface area contributed by atoms with Crippen molar-refractivity contribution in [2.75, 3.05) is 13.7 Å². The molecule has 0 heterocycles. The lowest BCUT2D eigenvalue weighted by molar-refractivity contribution is -0.137. The van der Waals surface area contributed by atoms with Gasteiger partial charge in [0.15, 0.2) is 0 Å². The van der Waals surface area contributed by atoms with Gasteiger partial charge in [-0.1, -0.05) is 13.0 Å². The van der Waals surface area contributed by atoms with E-state index in [1.165, 1.54) is 0 Å². The molecule has 0 radical (unpaired) electrons. The minimum absolute atomic E-state index is 0.0353. The fraction of sp³-hybridized carbons (Fsp3) is 0.562. The van der Waals surface area contributed by atoms with Crippen LogP contribution < -0.4 is 10.1 Å². The molecule has 21 heavy (non-hydrogen) atoms. The molecular weight excluding hydrogens is 270 g/mol. The van der Waals surface area contributed by atoms with Crippen LogP contribution in [-0.4, -0.2) is 35.9 Å². The predicted molar refractivity (Wildman–Crippen MR) is 81.6 cm³/mol. The molecule has 2 atom stereocenters. The van der Waals surface area contributed by atoms with Crippen LogP contribution in [0.25, 0.3) is 0 Å². The molecule has 2 unspecified atom stereocenters. The Morgan fingerprint density at radius 1 is 1.43 bits per heavy atom. The number of aliphatic carboxylic acids is 1. The summed E-state index contributed by atoms with van der Waals surface area (Å²) in [6, 6.07) is 5.25. The highest BCUT2D eigenvalue weighted by atomic mass is 16.5. The van der Waals surface area contributed by atoms with Crippen LogP contribution in [0.1, 0.15) is 43.4 Å². The van der Waals surface area contributed by atoms with Gasteiger partial charge in [0.25, 0.3) is 0 Å². The van der Waals surface area contributed by atoms with Gasteiger partial charge < -0.3 is 20.3 Å². The van der Waals surface area contributed by atoms with Crippen molar-refractivity contribution >= 4 is 5.97 Å². The van der Waals surface area contributed by atoms with E-state index in [9.17, 15) is 9.90 Å². The van der Waals surface area contributed by atoms with E-state index in [4.69, 9.17) is 9.84 Å². The molecule has 0 aliphatic rings. The Morgan fingerprint density at radius 2 is 2.14 bits per heavy atom. The van der Waals surface area contributed by atoms with Crippen LogP contribution in [0.2, 0.25) is 0 Å².